The number of benzene rings is 1. The van der Waals surface area contributed by atoms with Crippen LogP contribution in [0, 0.1) is 0 Å². The highest BCUT2D eigenvalue weighted by Crippen LogP contribution is 2.38. The van der Waals surface area contributed by atoms with Crippen LogP contribution in [0.25, 0.3) is 10.2 Å². The van der Waals surface area contributed by atoms with Gasteiger partial charge in [0.05, 0.1) is 16.9 Å². The largest absolute Gasteiger partial charge is 0.493 e. The van der Waals surface area contributed by atoms with Crippen LogP contribution in [0.1, 0.15) is 23.3 Å². The molecule has 4 N–H and O–H groups in total. The molecule has 4 rings (SSSR count). The average molecular weight is 437 g/mol. The van der Waals surface area contributed by atoms with Crippen molar-refractivity contribution in [2.45, 2.75) is 35.7 Å². The van der Waals surface area contributed by atoms with Crippen molar-refractivity contribution in [3.8, 4) is 5.75 Å². The molecule has 10 heteroatoms. The molecular weight excluding hydrogens is 416 g/mol. The second-order valence-corrected chi connectivity index (χ2v) is 10.2. The van der Waals surface area contributed by atoms with Gasteiger partial charge < -0.3 is 10.5 Å². The molecule has 0 bridgehead atoms. The van der Waals surface area contributed by atoms with E-state index in [1.165, 1.54) is 47.2 Å². The highest BCUT2D eigenvalue weighted by atomic mass is 32.2. The number of sulfonamides is 1. The summed E-state index contributed by atoms with van der Waals surface area (Å²) in [6.07, 6.45) is 4.60. The molecule has 7 nitrogen and oxygen atoms in total. The summed E-state index contributed by atoms with van der Waals surface area (Å²) >= 11 is 3.22. The number of aryl methyl sites for hydroxylation is 2. The molecule has 148 valence electrons. The van der Waals surface area contributed by atoms with Gasteiger partial charge in [0.1, 0.15) is 16.4 Å². The number of nitrogen functional groups attached to an aromatic ring is 1. The van der Waals surface area contributed by atoms with E-state index in [9.17, 15) is 8.42 Å². The molecule has 3 aromatic rings. The molecule has 0 aliphatic heterocycles. The van der Waals surface area contributed by atoms with Crippen LogP contribution in [0.2, 0.25) is 0 Å². The maximum Gasteiger partial charge on any atom is 0.238 e. The number of aromatic nitrogens is 2. The summed E-state index contributed by atoms with van der Waals surface area (Å²) in [6, 6.07) is 6.02. The molecule has 0 saturated carbocycles. The Bertz CT molecular complexity index is 1110. The standard InChI is InChI=1S/C18H20N4O3S3/c19-16-15-13-3-1-2-4-14(13)27-17(15)22-18(21-16)26-10-9-25-11-5-7-12(8-6-11)28(20,23)24/h5-8H,1-4,9-10H2,(H2,19,21,22)(H2,20,23,24). The van der Waals surface area contributed by atoms with Crippen LogP contribution in [0.5, 0.6) is 5.75 Å². The summed E-state index contributed by atoms with van der Waals surface area (Å²) in [5, 5.41) is 6.77. The Morgan fingerprint density at radius 3 is 2.64 bits per heavy atom. The fourth-order valence-electron chi connectivity index (χ4n) is 3.25. The number of nitrogens with two attached hydrogens (primary N) is 2. The molecule has 0 radical (unpaired) electrons. The molecule has 1 aromatic carbocycles. The van der Waals surface area contributed by atoms with Gasteiger partial charge in [0.2, 0.25) is 10.0 Å². The van der Waals surface area contributed by atoms with E-state index in [1.54, 1.807) is 23.5 Å². The summed E-state index contributed by atoms with van der Waals surface area (Å²) in [7, 11) is -3.69. The zero-order valence-corrected chi connectivity index (χ0v) is 17.5. The normalized spacial score (nSPS) is 14.2. The quantitative estimate of drug-likeness (QED) is 0.346. The van der Waals surface area contributed by atoms with Crippen molar-refractivity contribution in [3.05, 3.63) is 34.7 Å². The number of ether oxygens (including phenoxy) is 1. The van der Waals surface area contributed by atoms with E-state index in [1.807, 2.05) is 0 Å². The molecule has 0 atom stereocenters. The lowest BCUT2D eigenvalue weighted by Crippen LogP contribution is -2.11. The summed E-state index contributed by atoms with van der Waals surface area (Å²) < 4.78 is 28.2. The molecule has 28 heavy (non-hydrogen) atoms. The smallest absolute Gasteiger partial charge is 0.238 e. The van der Waals surface area contributed by atoms with Crippen LogP contribution in [0.15, 0.2) is 34.3 Å². The van der Waals surface area contributed by atoms with Gasteiger partial charge in [0.25, 0.3) is 0 Å². The lowest BCUT2D eigenvalue weighted by Gasteiger charge is -2.10. The molecule has 0 saturated heterocycles. The van der Waals surface area contributed by atoms with Gasteiger partial charge in [-0.1, -0.05) is 11.8 Å². The Balaban J connectivity index is 1.38. The lowest BCUT2D eigenvalue weighted by molar-refractivity contribution is 0.343. The topological polar surface area (TPSA) is 121 Å². The number of anilines is 1. The van der Waals surface area contributed by atoms with Gasteiger partial charge in [-0.15, -0.1) is 11.3 Å². The third-order valence-electron chi connectivity index (χ3n) is 4.56. The van der Waals surface area contributed by atoms with Crippen molar-refractivity contribution >= 4 is 49.2 Å². The summed E-state index contributed by atoms with van der Waals surface area (Å²) in [6.45, 7) is 0.432. The lowest BCUT2D eigenvalue weighted by atomic mass is 9.97. The van der Waals surface area contributed by atoms with Gasteiger partial charge in [-0.3, -0.25) is 0 Å². The molecule has 0 unspecified atom stereocenters. The average Bonchev–Trinajstić information content (AvgIpc) is 3.04. The maximum atomic E-state index is 11.3. The first-order chi connectivity index (χ1) is 13.4. The highest BCUT2D eigenvalue weighted by Gasteiger charge is 2.20. The molecule has 2 aromatic heterocycles. The predicted octanol–water partition coefficient (Wildman–Crippen LogP) is 2.97. The number of hydrogen-bond donors (Lipinski definition) is 2. The molecular formula is C18H20N4O3S3. The number of thiophene rings is 1. The monoisotopic (exact) mass is 436 g/mol. The molecule has 1 aliphatic carbocycles. The van der Waals surface area contributed by atoms with Gasteiger partial charge in [-0.05, 0) is 55.5 Å². The van der Waals surface area contributed by atoms with E-state index in [0.717, 1.165) is 23.1 Å². The van der Waals surface area contributed by atoms with Gasteiger partial charge in [-0.25, -0.2) is 23.5 Å². The summed E-state index contributed by atoms with van der Waals surface area (Å²) in [4.78, 5) is 11.6. The Kier molecular flexibility index (Phi) is 5.46. The number of fused-ring (bicyclic) bond motifs is 3. The molecule has 0 amide bonds. The van der Waals surface area contributed by atoms with Crippen molar-refractivity contribution in [1.29, 1.82) is 0 Å². The van der Waals surface area contributed by atoms with Crippen molar-refractivity contribution in [2.24, 2.45) is 5.14 Å². The zero-order valence-electron chi connectivity index (χ0n) is 15.1. The first kappa shape index (κ1) is 19.4. The van der Waals surface area contributed by atoms with Crippen LogP contribution < -0.4 is 15.6 Å². The van der Waals surface area contributed by atoms with E-state index in [2.05, 4.69) is 9.97 Å². The third kappa shape index (κ3) is 4.09. The van der Waals surface area contributed by atoms with Crippen LogP contribution in [0.3, 0.4) is 0 Å². The molecule has 0 spiro atoms. The third-order valence-corrected chi connectivity index (χ3v) is 7.48. The van der Waals surface area contributed by atoms with Crippen molar-refractivity contribution < 1.29 is 13.2 Å². The highest BCUT2D eigenvalue weighted by molar-refractivity contribution is 7.99. The zero-order chi connectivity index (χ0) is 19.7. The Hall–Kier alpha value is -1.88. The summed E-state index contributed by atoms with van der Waals surface area (Å²) in [5.74, 6) is 1.79. The Morgan fingerprint density at radius 1 is 1.14 bits per heavy atom. The first-order valence-corrected chi connectivity index (χ1v) is 12.2. The van der Waals surface area contributed by atoms with Crippen molar-refractivity contribution in [2.75, 3.05) is 18.1 Å². The fraction of sp³-hybridized carbons (Fsp3) is 0.333. The van der Waals surface area contributed by atoms with E-state index < -0.39 is 10.0 Å². The number of primary sulfonamides is 1. The van der Waals surface area contributed by atoms with Crippen LogP contribution in [-0.4, -0.2) is 30.7 Å². The Labute approximate surface area is 171 Å². The van der Waals surface area contributed by atoms with Gasteiger partial charge in [-0.2, -0.15) is 0 Å². The second-order valence-electron chi connectivity index (χ2n) is 6.50. The minimum atomic E-state index is -3.69. The number of thioether (sulfide) groups is 1. The van der Waals surface area contributed by atoms with Gasteiger partial charge in [0.15, 0.2) is 5.16 Å². The predicted molar refractivity (Wildman–Crippen MR) is 113 cm³/mol. The number of nitrogens with zero attached hydrogens (tertiary/aromatic N) is 2. The van der Waals surface area contributed by atoms with Gasteiger partial charge in [0, 0.05) is 10.6 Å². The van der Waals surface area contributed by atoms with Gasteiger partial charge >= 0.3 is 0 Å². The fourth-order valence-corrected chi connectivity index (χ4v) is 5.76. The minimum absolute atomic E-state index is 0.0602. The Morgan fingerprint density at radius 2 is 1.89 bits per heavy atom. The summed E-state index contributed by atoms with van der Waals surface area (Å²) in [5.41, 5.74) is 7.56. The van der Waals surface area contributed by atoms with Crippen LogP contribution >= 0.6 is 23.1 Å². The van der Waals surface area contributed by atoms with E-state index in [0.29, 0.717) is 29.1 Å². The molecule has 2 heterocycles. The van der Waals surface area contributed by atoms with E-state index in [4.69, 9.17) is 15.6 Å². The number of hydrogen-bond acceptors (Lipinski definition) is 8. The first-order valence-electron chi connectivity index (χ1n) is 8.88. The SMILES string of the molecule is Nc1nc(SCCOc2ccc(S(N)(=O)=O)cc2)nc2sc3c(c12)CCCC3. The maximum absolute atomic E-state index is 11.3. The van der Waals surface area contributed by atoms with Crippen LogP contribution in [-0.2, 0) is 22.9 Å². The number of rotatable bonds is 6. The van der Waals surface area contributed by atoms with Crippen molar-refractivity contribution in [3.63, 3.8) is 0 Å². The molecule has 1 aliphatic rings. The van der Waals surface area contributed by atoms with E-state index in [-0.39, 0.29) is 4.90 Å². The van der Waals surface area contributed by atoms with E-state index >= 15 is 0 Å². The minimum Gasteiger partial charge on any atom is -0.493 e. The molecule has 0 fully saturated rings. The van der Waals surface area contributed by atoms with Crippen LogP contribution in [0.4, 0.5) is 5.82 Å². The van der Waals surface area contributed by atoms with Crippen molar-refractivity contribution in [1.82, 2.24) is 9.97 Å². The second kappa shape index (κ2) is 7.86.